The molecule has 4 heteroatoms. The summed E-state index contributed by atoms with van der Waals surface area (Å²) in [6, 6.07) is 9.56. The summed E-state index contributed by atoms with van der Waals surface area (Å²) in [5, 5.41) is 0. The molecule has 0 aliphatic carbocycles. The number of ketones is 1. The molecule has 1 heterocycles. The van der Waals surface area contributed by atoms with Crippen molar-refractivity contribution < 1.29 is 9.53 Å². The number of methoxy groups -OCH3 is 1. The third-order valence-electron chi connectivity index (χ3n) is 2.79. The number of carbonyl (C=O) groups is 1. The highest BCUT2D eigenvalue weighted by Gasteiger charge is 2.04. The molecule has 0 bridgehead atoms. The van der Waals surface area contributed by atoms with E-state index in [1.54, 1.807) is 20.2 Å². The number of Topliss-reactive ketones (excluding diaryl/α,β-unsaturated/α-hetero) is 1. The van der Waals surface area contributed by atoms with Gasteiger partial charge in [0.1, 0.15) is 17.4 Å². The van der Waals surface area contributed by atoms with Crippen LogP contribution in [0.2, 0.25) is 0 Å². The Balaban J connectivity index is 2.19. The Labute approximate surface area is 112 Å². The van der Waals surface area contributed by atoms with Crippen LogP contribution in [0.4, 0.5) is 0 Å². The lowest BCUT2D eigenvalue weighted by Gasteiger charge is -2.04. The van der Waals surface area contributed by atoms with Crippen molar-refractivity contribution in [2.75, 3.05) is 7.11 Å². The first-order valence-electron chi connectivity index (χ1n) is 6.15. The van der Waals surface area contributed by atoms with E-state index in [2.05, 4.69) is 9.97 Å². The van der Waals surface area contributed by atoms with Gasteiger partial charge in [-0.15, -0.1) is 0 Å². The summed E-state index contributed by atoms with van der Waals surface area (Å²) in [5.41, 5.74) is 1.86. The van der Waals surface area contributed by atoms with E-state index in [9.17, 15) is 4.79 Å². The smallest absolute Gasteiger partial charge is 0.130 e. The number of rotatable bonds is 5. The van der Waals surface area contributed by atoms with Crippen LogP contribution in [-0.4, -0.2) is 22.9 Å². The molecule has 98 valence electrons. The van der Waals surface area contributed by atoms with Crippen LogP contribution in [0.1, 0.15) is 19.2 Å². The normalized spacial score (nSPS) is 10.2. The number of hydrogen-bond acceptors (Lipinski definition) is 4. The van der Waals surface area contributed by atoms with Crippen LogP contribution in [0.15, 0.2) is 36.5 Å². The van der Waals surface area contributed by atoms with Crippen LogP contribution in [0, 0.1) is 0 Å². The molecular formula is C15H16N2O2. The zero-order chi connectivity index (χ0) is 13.7. The molecule has 0 amide bonds. The van der Waals surface area contributed by atoms with E-state index in [1.165, 1.54) is 0 Å². The van der Waals surface area contributed by atoms with Crippen molar-refractivity contribution >= 4 is 5.78 Å². The van der Waals surface area contributed by atoms with Gasteiger partial charge in [0.05, 0.1) is 12.8 Å². The molecule has 0 atom stereocenters. The van der Waals surface area contributed by atoms with Crippen LogP contribution in [0.3, 0.4) is 0 Å². The lowest BCUT2D eigenvalue weighted by atomic mass is 10.1. The van der Waals surface area contributed by atoms with Gasteiger partial charge in [-0.2, -0.15) is 0 Å². The Morgan fingerprint density at radius 3 is 2.58 bits per heavy atom. The van der Waals surface area contributed by atoms with E-state index in [0.29, 0.717) is 18.7 Å². The Bertz CT molecular complexity index is 565. The molecule has 1 aromatic heterocycles. The minimum Gasteiger partial charge on any atom is -0.497 e. The van der Waals surface area contributed by atoms with Gasteiger partial charge in [0.15, 0.2) is 0 Å². The number of hydrogen-bond donors (Lipinski definition) is 0. The van der Waals surface area contributed by atoms with Gasteiger partial charge < -0.3 is 9.53 Å². The molecule has 0 saturated carbocycles. The van der Waals surface area contributed by atoms with Gasteiger partial charge in [-0.3, -0.25) is 0 Å². The average molecular weight is 256 g/mol. The topological polar surface area (TPSA) is 52.1 Å². The minimum absolute atomic E-state index is 0.151. The summed E-state index contributed by atoms with van der Waals surface area (Å²) in [6.07, 6.45) is 2.79. The highest BCUT2D eigenvalue weighted by Crippen LogP contribution is 2.20. The third kappa shape index (κ3) is 3.61. The number of aromatic nitrogens is 2. The van der Waals surface area contributed by atoms with Crippen molar-refractivity contribution in [1.82, 2.24) is 9.97 Å². The molecule has 0 aliphatic heterocycles. The number of aryl methyl sites for hydroxylation is 1. The van der Waals surface area contributed by atoms with Crippen molar-refractivity contribution in [3.05, 3.63) is 42.4 Å². The van der Waals surface area contributed by atoms with Gasteiger partial charge in [0.25, 0.3) is 0 Å². The van der Waals surface area contributed by atoms with Gasteiger partial charge in [0.2, 0.25) is 0 Å². The summed E-state index contributed by atoms with van der Waals surface area (Å²) < 4.78 is 5.12. The van der Waals surface area contributed by atoms with E-state index in [-0.39, 0.29) is 5.78 Å². The fourth-order valence-corrected chi connectivity index (χ4v) is 1.73. The fraction of sp³-hybridized carbons (Fsp3) is 0.267. The van der Waals surface area contributed by atoms with E-state index < -0.39 is 0 Å². The monoisotopic (exact) mass is 256 g/mol. The molecule has 0 fully saturated rings. The Morgan fingerprint density at radius 1 is 1.21 bits per heavy atom. The van der Waals surface area contributed by atoms with Gasteiger partial charge in [-0.05, 0) is 37.3 Å². The van der Waals surface area contributed by atoms with Crippen LogP contribution >= 0.6 is 0 Å². The van der Waals surface area contributed by atoms with E-state index in [0.717, 1.165) is 17.0 Å². The zero-order valence-electron chi connectivity index (χ0n) is 11.1. The van der Waals surface area contributed by atoms with Gasteiger partial charge >= 0.3 is 0 Å². The number of benzene rings is 1. The first kappa shape index (κ1) is 13.2. The maximum absolute atomic E-state index is 11.0. The van der Waals surface area contributed by atoms with E-state index in [1.807, 2.05) is 30.3 Å². The fourth-order valence-electron chi connectivity index (χ4n) is 1.73. The first-order chi connectivity index (χ1) is 9.19. The first-order valence-corrected chi connectivity index (χ1v) is 6.15. The second-order valence-corrected chi connectivity index (χ2v) is 4.29. The quantitative estimate of drug-likeness (QED) is 0.825. The van der Waals surface area contributed by atoms with Crippen LogP contribution in [0.5, 0.6) is 5.75 Å². The van der Waals surface area contributed by atoms with Crippen molar-refractivity contribution in [3.8, 4) is 17.0 Å². The summed E-state index contributed by atoms with van der Waals surface area (Å²) in [5.74, 6) is 1.66. The maximum Gasteiger partial charge on any atom is 0.130 e. The predicted molar refractivity (Wildman–Crippen MR) is 73.0 cm³/mol. The molecule has 0 spiro atoms. The molecule has 0 radical (unpaired) electrons. The molecule has 0 unspecified atom stereocenters. The van der Waals surface area contributed by atoms with Crippen LogP contribution < -0.4 is 4.74 Å². The molecule has 19 heavy (non-hydrogen) atoms. The lowest BCUT2D eigenvalue weighted by molar-refractivity contribution is -0.117. The zero-order valence-corrected chi connectivity index (χ0v) is 11.1. The molecule has 0 N–H and O–H groups in total. The second-order valence-electron chi connectivity index (χ2n) is 4.29. The van der Waals surface area contributed by atoms with Crippen molar-refractivity contribution in [1.29, 1.82) is 0 Å². The largest absolute Gasteiger partial charge is 0.497 e. The van der Waals surface area contributed by atoms with E-state index >= 15 is 0 Å². The van der Waals surface area contributed by atoms with Crippen LogP contribution in [-0.2, 0) is 11.2 Å². The van der Waals surface area contributed by atoms with Crippen molar-refractivity contribution in [2.24, 2.45) is 0 Å². The Hall–Kier alpha value is -2.23. The lowest BCUT2D eigenvalue weighted by Crippen LogP contribution is -2.00. The molecular weight excluding hydrogens is 240 g/mol. The molecule has 2 aromatic rings. The SMILES string of the molecule is COc1ccc(-c2ccnc(CCC(C)=O)n2)cc1. The highest BCUT2D eigenvalue weighted by atomic mass is 16.5. The summed E-state index contributed by atoms with van der Waals surface area (Å²) in [7, 11) is 1.64. The summed E-state index contributed by atoms with van der Waals surface area (Å²) in [6.45, 7) is 1.58. The summed E-state index contributed by atoms with van der Waals surface area (Å²) >= 11 is 0. The maximum atomic E-state index is 11.0. The molecule has 1 aromatic carbocycles. The summed E-state index contributed by atoms with van der Waals surface area (Å²) in [4.78, 5) is 19.6. The standard InChI is InChI=1S/C15H16N2O2/c1-11(18)3-8-15-16-10-9-14(17-15)12-4-6-13(19-2)7-5-12/h4-7,9-10H,3,8H2,1-2H3. The molecule has 0 saturated heterocycles. The third-order valence-corrected chi connectivity index (χ3v) is 2.79. The Kier molecular flexibility index (Phi) is 4.23. The molecule has 4 nitrogen and oxygen atoms in total. The van der Waals surface area contributed by atoms with Crippen LogP contribution in [0.25, 0.3) is 11.3 Å². The number of carbonyl (C=O) groups excluding carboxylic acids is 1. The van der Waals surface area contributed by atoms with E-state index in [4.69, 9.17) is 4.74 Å². The Morgan fingerprint density at radius 2 is 1.95 bits per heavy atom. The highest BCUT2D eigenvalue weighted by molar-refractivity contribution is 5.75. The second kappa shape index (κ2) is 6.09. The molecule has 0 aliphatic rings. The average Bonchev–Trinajstić information content (AvgIpc) is 2.45. The number of ether oxygens (including phenoxy) is 1. The van der Waals surface area contributed by atoms with Crippen molar-refractivity contribution in [2.45, 2.75) is 19.8 Å². The molecule has 2 rings (SSSR count). The number of nitrogens with zero attached hydrogens (tertiary/aromatic N) is 2. The predicted octanol–water partition coefficient (Wildman–Crippen LogP) is 2.67. The van der Waals surface area contributed by atoms with Gasteiger partial charge in [-0.1, -0.05) is 0 Å². The minimum atomic E-state index is 0.151. The van der Waals surface area contributed by atoms with Gasteiger partial charge in [0, 0.05) is 24.6 Å². The van der Waals surface area contributed by atoms with Gasteiger partial charge in [-0.25, -0.2) is 9.97 Å². The van der Waals surface area contributed by atoms with Crippen molar-refractivity contribution in [3.63, 3.8) is 0 Å².